The molecule has 4 aromatic heterocycles. The normalized spacial score (nSPS) is 10.6. The fourth-order valence-electron chi connectivity index (χ4n) is 3.05. The van der Waals surface area contributed by atoms with E-state index in [-0.39, 0.29) is 0 Å². The minimum Gasteiger partial charge on any atom is -0.481 e. The maximum atomic E-state index is 9.08. The van der Waals surface area contributed by atoms with Crippen LogP contribution in [0.5, 0.6) is 5.88 Å². The smallest absolute Gasteiger partial charge is 0.218 e. The molecule has 7 nitrogen and oxygen atoms in total. The van der Waals surface area contributed by atoms with Crippen molar-refractivity contribution in [3.8, 4) is 11.9 Å². The summed E-state index contributed by atoms with van der Waals surface area (Å²) in [6.45, 7) is 0.578. The lowest BCUT2D eigenvalue weighted by atomic mass is 10.1. The molecule has 4 rings (SSSR count). The summed E-state index contributed by atoms with van der Waals surface area (Å²) in [6.07, 6.45) is 7.76. The topological polar surface area (TPSA) is 99.5 Å². The van der Waals surface area contributed by atoms with Gasteiger partial charge in [0.2, 0.25) is 5.88 Å². The third-order valence-electron chi connectivity index (χ3n) is 4.47. The monoisotopic (exact) mass is 370 g/mol. The van der Waals surface area contributed by atoms with Crippen molar-refractivity contribution in [1.82, 2.24) is 19.9 Å². The lowest BCUT2D eigenvalue weighted by Gasteiger charge is -2.09. The Bertz CT molecular complexity index is 1140. The molecule has 0 aliphatic heterocycles. The third kappa shape index (κ3) is 3.62. The molecule has 0 saturated carbocycles. The molecular formula is C21H18N6O. The molecule has 0 unspecified atom stereocenters. The van der Waals surface area contributed by atoms with E-state index in [1.54, 1.807) is 19.5 Å². The SMILES string of the molecule is COc1ncccc1CNc1ccc(Cc2c[nH]c3ncc(C#N)cc23)cn1. The zero-order valence-corrected chi connectivity index (χ0v) is 15.3. The van der Waals surface area contributed by atoms with Gasteiger partial charge in [-0.15, -0.1) is 0 Å². The largest absolute Gasteiger partial charge is 0.481 e. The Morgan fingerprint density at radius 2 is 2.07 bits per heavy atom. The number of H-pyrrole nitrogens is 1. The standard InChI is InChI=1S/C21H18N6O/c1-28-21-16(3-2-6-23-21)12-25-19-5-4-14(10-24-19)7-17-13-27-20-18(17)8-15(9-22)11-26-20/h2-6,8,10-11,13H,7,12H2,1H3,(H,24,25)(H,26,27). The number of rotatable bonds is 6. The highest BCUT2D eigenvalue weighted by Gasteiger charge is 2.08. The molecule has 0 saturated heterocycles. The quantitative estimate of drug-likeness (QED) is 0.539. The molecule has 0 spiro atoms. The molecule has 0 aliphatic carbocycles. The maximum Gasteiger partial charge on any atom is 0.218 e. The molecule has 28 heavy (non-hydrogen) atoms. The van der Waals surface area contributed by atoms with E-state index in [4.69, 9.17) is 10.00 Å². The fourth-order valence-corrected chi connectivity index (χ4v) is 3.05. The van der Waals surface area contributed by atoms with Crippen LogP contribution in [0.2, 0.25) is 0 Å². The summed E-state index contributed by atoms with van der Waals surface area (Å²) in [4.78, 5) is 16.1. The zero-order valence-electron chi connectivity index (χ0n) is 15.3. The zero-order chi connectivity index (χ0) is 19.3. The molecule has 2 N–H and O–H groups in total. The highest BCUT2D eigenvalue weighted by Crippen LogP contribution is 2.21. The van der Waals surface area contributed by atoms with E-state index >= 15 is 0 Å². The lowest BCUT2D eigenvalue weighted by molar-refractivity contribution is 0.393. The van der Waals surface area contributed by atoms with E-state index in [0.717, 1.165) is 33.5 Å². The van der Waals surface area contributed by atoms with Crippen molar-refractivity contribution >= 4 is 16.9 Å². The summed E-state index contributed by atoms with van der Waals surface area (Å²) in [5, 5.41) is 13.3. The Labute approximate surface area is 162 Å². The Hall–Kier alpha value is -3.92. The van der Waals surface area contributed by atoms with Gasteiger partial charge in [-0.3, -0.25) is 0 Å². The van der Waals surface area contributed by atoms with Crippen LogP contribution in [0.4, 0.5) is 5.82 Å². The van der Waals surface area contributed by atoms with Gasteiger partial charge in [0.05, 0.1) is 12.7 Å². The summed E-state index contributed by atoms with van der Waals surface area (Å²) in [7, 11) is 1.61. The molecule has 4 heterocycles. The van der Waals surface area contributed by atoms with Crippen LogP contribution in [0.15, 0.2) is 55.1 Å². The summed E-state index contributed by atoms with van der Waals surface area (Å²) in [5.41, 5.74) is 4.47. The van der Waals surface area contributed by atoms with Gasteiger partial charge in [-0.1, -0.05) is 12.1 Å². The van der Waals surface area contributed by atoms with Gasteiger partial charge in [0.15, 0.2) is 0 Å². The van der Waals surface area contributed by atoms with Gasteiger partial charge >= 0.3 is 0 Å². The molecule has 0 radical (unpaired) electrons. The number of fused-ring (bicyclic) bond motifs is 1. The van der Waals surface area contributed by atoms with Gasteiger partial charge < -0.3 is 15.0 Å². The number of nitriles is 1. The first-order valence-electron chi connectivity index (χ1n) is 8.79. The van der Waals surface area contributed by atoms with Gasteiger partial charge in [-0.2, -0.15) is 5.26 Å². The van der Waals surface area contributed by atoms with Gasteiger partial charge in [0.25, 0.3) is 0 Å². The average molecular weight is 370 g/mol. The van der Waals surface area contributed by atoms with Crippen LogP contribution >= 0.6 is 0 Å². The van der Waals surface area contributed by atoms with Crippen LogP contribution in [0.1, 0.15) is 22.3 Å². The number of aromatic amines is 1. The number of aromatic nitrogens is 4. The molecule has 7 heteroatoms. The van der Waals surface area contributed by atoms with Crippen molar-refractivity contribution in [2.45, 2.75) is 13.0 Å². The summed E-state index contributed by atoms with van der Waals surface area (Å²) >= 11 is 0. The summed E-state index contributed by atoms with van der Waals surface area (Å²) in [5.74, 6) is 1.39. The number of nitrogens with zero attached hydrogens (tertiary/aromatic N) is 4. The molecule has 138 valence electrons. The second-order valence-corrected chi connectivity index (χ2v) is 6.30. The molecule has 0 bridgehead atoms. The maximum absolute atomic E-state index is 9.08. The van der Waals surface area contributed by atoms with Crippen LogP contribution < -0.4 is 10.1 Å². The minimum atomic E-state index is 0.553. The van der Waals surface area contributed by atoms with E-state index in [1.807, 2.05) is 42.7 Å². The third-order valence-corrected chi connectivity index (χ3v) is 4.47. The predicted octanol–water partition coefficient (Wildman–Crippen LogP) is 3.44. The summed E-state index contributed by atoms with van der Waals surface area (Å²) in [6, 6.07) is 11.8. The molecule has 0 aliphatic rings. The van der Waals surface area contributed by atoms with E-state index in [1.165, 1.54) is 0 Å². The van der Waals surface area contributed by atoms with Crippen molar-refractivity contribution in [2.24, 2.45) is 0 Å². The average Bonchev–Trinajstić information content (AvgIpc) is 3.15. The minimum absolute atomic E-state index is 0.553. The highest BCUT2D eigenvalue weighted by molar-refractivity contribution is 5.81. The lowest BCUT2D eigenvalue weighted by Crippen LogP contribution is -2.04. The number of methoxy groups -OCH3 is 1. The van der Waals surface area contributed by atoms with Crippen molar-refractivity contribution in [3.05, 3.63) is 77.4 Å². The fraction of sp³-hybridized carbons (Fsp3) is 0.143. The van der Waals surface area contributed by atoms with Gasteiger partial charge in [0, 0.05) is 48.7 Å². The number of nitrogens with one attached hydrogen (secondary N) is 2. The molecular weight excluding hydrogens is 352 g/mol. The second-order valence-electron chi connectivity index (χ2n) is 6.30. The molecule has 0 fully saturated rings. The van der Waals surface area contributed by atoms with E-state index in [0.29, 0.717) is 24.4 Å². The van der Waals surface area contributed by atoms with Gasteiger partial charge in [-0.05, 0) is 29.3 Å². The first-order valence-corrected chi connectivity index (χ1v) is 8.79. The number of ether oxygens (including phenoxy) is 1. The Morgan fingerprint density at radius 1 is 1.14 bits per heavy atom. The van der Waals surface area contributed by atoms with Crippen LogP contribution in [0.25, 0.3) is 11.0 Å². The van der Waals surface area contributed by atoms with Crippen molar-refractivity contribution in [3.63, 3.8) is 0 Å². The highest BCUT2D eigenvalue weighted by atomic mass is 16.5. The number of hydrogen-bond acceptors (Lipinski definition) is 6. The van der Waals surface area contributed by atoms with Crippen LogP contribution in [-0.4, -0.2) is 27.0 Å². The Morgan fingerprint density at radius 3 is 2.86 bits per heavy atom. The van der Waals surface area contributed by atoms with Crippen molar-refractivity contribution in [1.29, 1.82) is 5.26 Å². The van der Waals surface area contributed by atoms with E-state index in [2.05, 4.69) is 31.3 Å². The van der Waals surface area contributed by atoms with Crippen LogP contribution in [-0.2, 0) is 13.0 Å². The molecule has 4 aromatic rings. The second kappa shape index (κ2) is 7.76. The van der Waals surface area contributed by atoms with E-state index in [9.17, 15) is 0 Å². The Kier molecular flexibility index (Phi) is 4.85. The van der Waals surface area contributed by atoms with Gasteiger partial charge in [0.1, 0.15) is 17.5 Å². The van der Waals surface area contributed by atoms with Crippen molar-refractivity contribution in [2.75, 3.05) is 12.4 Å². The Balaban J connectivity index is 1.46. The number of anilines is 1. The first kappa shape index (κ1) is 17.5. The molecule has 0 amide bonds. The molecule has 0 aromatic carbocycles. The van der Waals surface area contributed by atoms with Crippen LogP contribution in [0, 0.1) is 11.3 Å². The number of pyridine rings is 3. The van der Waals surface area contributed by atoms with E-state index < -0.39 is 0 Å². The van der Waals surface area contributed by atoms with Crippen molar-refractivity contribution < 1.29 is 4.74 Å². The number of hydrogen-bond donors (Lipinski definition) is 2. The molecule has 0 atom stereocenters. The summed E-state index contributed by atoms with van der Waals surface area (Å²) < 4.78 is 5.26. The predicted molar refractivity (Wildman–Crippen MR) is 106 cm³/mol. The van der Waals surface area contributed by atoms with Gasteiger partial charge in [-0.25, -0.2) is 15.0 Å². The first-order chi connectivity index (χ1) is 13.8. The van der Waals surface area contributed by atoms with Crippen LogP contribution in [0.3, 0.4) is 0 Å².